The van der Waals surface area contributed by atoms with Crippen LogP contribution in [0.5, 0.6) is 0 Å². The molecule has 0 N–H and O–H groups in total. The minimum absolute atomic E-state index is 0.260. The summed E-state index contributed by atoms with van der Waals surface area (Å²) in [7, 11) is 1.42. The topological polar surface area (TPSA) is 44.8 Å². The van der Waals surface area contributed by atoms with Gasteiger partial charge < -0.3 is 14.2 Å². The van der Waals surface area contributed by atoms with Crippen molar-refractivity contribution in [3.63, 3.8) is 0 Å². The third-order valence-corrected chi connectivity index (χ3v) is 6.02. The molecule has 1 unspecified atom stereocenters. The summed E-state index contributed by atoms with van der Waals surface area (Å²) in [5, 5.41) is 0. The minimum Gasteiger partial charge on any atom is -0.465 e. The van der Waals surface area contributed by atoms with E-state index in [1.165, 1.54) is 20.0 Å². The second-order valence-electron chi connectivity index (χ2n) is 8.13. The van der Waals surface area contributed by atoms with Crippen LogP contribution in [0.3, 0.4) is 0 Å². The number of benzene rings is 2. The highest BCUT2D eigenvalue weighted by atomic mass is 16.5. The van der Waals surface area contributed by atoms with Crippen molar-refractivity contribution in [2.75, 3.05) is 20.3 Å². The Kier molecular flexibility index (Phi) is 8.47. The Bertz CT molecular complexity index is 824. The molecule has 162 valence electrons. The van der Waals surface area contributed by atoms with Crippen LogP contribution < -0.4 is 0 Å². The summed E-state index contributed by atoms with van der Waals surface area (Å²) in [6, 6.07) is 14.0. The largest absolute Gasteiger partial charge is 0.465 e. The van der Waals surface area contributed by atoms with Gasteiger partial charge in [-0.1, -0.05) is 50.1 Å². The van der Waals surface area contributed by atoms with Crippen LogP contribution in [-0.4, -0.2) is 32.4 Å². The highest BCUT2D eigenvalue weighted by Crippen LogP contribution is 2.30. The number of hydrogen-bond acceptors (Lipinski definition) is 4. The molecule has 30 heavy (non-hydrogen) atoms. The van der Waals surface area contributed by atoms with Crippen LogP contribution in [0.25, 0.3) is 11.1 Å². The summed E-state index contributed by atoms with van der Waals surface area (Å²) >= 11 is 0. The number of methoxy groups -OCH3 is 1. The first-order chi connectivity index (χ1) is 14.6. The van der Waals surface area contributed by atoms with E-state index in [0.717, 1.165) is 54.7 Å². The Morgan fingerprint density at radius 3 is 2.60 bits per heavy atom. The molecule has 0 aliphatic carbocycles. The van der Waals surface area contributed by atoms with Crippen LogP contribution in [0.1, 0.15) is 60.5 Å². The van der Waals surface area contributed by atoms with Gasteiger partial charge in [0, 0.05) is 13.2 Å². The minimum atomic E-state index is -0.316. The second kappa shape index (κ2) is 11.3. The quantitative estimate of drug-likeness (QED) is 0.479. The molecule has 0 amide bonds. The van der Waals surface area contributed by atoms with E-state index >= 15 is 0 Å². The fourth-order valence-electron chi connectivity index (χ4n) is 4.22. The molecule has 1 fully saturated rings. The Morgan fingerprint density at radius 2 is 1.90 bits per heavy atom. The zero-order valence-electron chi connectivity index (χ0n) is 18.5. The van der Waals surface area contributed by atoms with Crippen LogP contribution >= 0.6 is 0 Å². The van der Waals surface area contributed by atoms with Gasteiger partial charge in [0.25, 0.3) is 0 Å². The van der Waals surface area contributed by atoms with Crippen LogP contribution in [0, 0.1) is 12.8 Å². The lowest BCUT2D eigenvalue weighted by Gasteiger charge is -2.30. The molecule has 4 heteroatoms. The average Bonchev–Trinajstić information content (AvgIpc) is 2.79. The lowest BCUT2D eigenvalue weighted by molar-refractivity contribution is -0.0455. The zero-order chi connectivity index (χ0) is 21.3. The van der Waals surface area contributed by atoms with Gasteiger partial charge in [0.1, 0.15) is 0 Å². The summed E-state index contributed by atoms with van der Waals surface area (Å²) in [6.45, 7) is 6.50. The number of hydrogen-bond donors (Lipinski definition) is 0. The molecule has 0 saturated carbocycles. The first kappa shape index (κ1) is 22.5. The van der Waals surface area contributed by atoms with E-state index in [-0.39, 0.29) is 12.1 Å². The summed E-state index contributed by atoms with van der Waals surface area (Å²) in [5.41, 5.74) is 4.74. The number of ether oxygens (including phenoxy) is 3. The van der Waals surface area contributed by atoms with E-state index in [2.05, 4.69) is 26.0 Å². The molecule has 0 radical (unpaired) electrons. The maximum absolute atomic E-state index is 12.4. The lowest BCUT2D eigenvalue weighted by atomic mass is 9.90. The van der Waals surface area contributed by atoms with Gasteiger partial charge in [-0.15, -0.1) is 0 Å². The molecule has 1 atom stereocenters. The van der Waals surface area contributed by atoms with Crippen LogP contribution in [0.4, 0.5) is 0 Å². The van der Waals surface area contributed by atoms with Crippen molar-refractivity contribution in [1.82, 2.24) is 0 Å². The van der Waals surface area contributed by atoms with Crippen molar-refractivity contribution in [1.29, 1.82) is 0 Å². The number of rotatable bonds is 9. The molecule has 0 aromatic heterocycles. The number of carbonyl (C=O) groups is 1. The first-order valence-electron chi connectivity index (χ1n) is 11.1. The van der Waals surface area contributed by atoms with Crippen molar-refractivity contribution in [2.45, 2.75) is 58.7 Å². The van der Waals surface area contributed by atoms with E-state index in [9.17, 15) is 4.79 Å². The molecular formula is C26H34O4. The van der Waals surface area contributed by atoms with Crippen LogP contribution in [0.15, 0.2) is 42.5 Å². The normalized spacial score (nSPS) is 15.7. The van der Waals surface area contributed by atoms with E-state index in [1.807, 2.05) is 30.3 Å². The monoisotopic (exact) mass is 410 g/mol. The van der Waals surface area contributed by atoms with Gasteiger partial charge >= 0.3 is 5.97 Å². The number of carbonyl (C=O) groups excluding carboxylic acids is 1. The standard InChI is InChI=1S/C26H34O4/c1-4-5-10-25(21-13-15-29-16-14-21)30-18-20-11-12-23(26(27)28-3)24(17-20)22-9-7-6-8-19(22)2/h6-9,11-12,17,21,25H,4-5,10,13-16,18H2,1-3H3. The number of esters is 1. The first-order valence-corrected chi connectivity index (χ1v) is 11.1. The fraction of sp³-hybridized carbons (Fsp3) is 0.500. The Labute approximate surface area is 180 Å². The van der Waals surface area contributed by atoms with E-state index in [4.69, 9.17) is 14.2 Å². The van der Waals surface area contributed by atoms with Crippen LogP contribution in [0.2, 0.25) is 0 Å². The van der Waals surface area contributed by atoms with Gasteiger partial charge in [-0.3, -0.25) is 0 Å². The number of aryl methyl sites for hydroxylation is 1. The summed E-state index contributed by atoms with van der Waals surface area (Å²) in [5.74, 6) is 0.249. The summed E-state index contributed by atoms with van der Waals surface area (Å²) < 4.78 is 17.0. The van der Waals surface area contributed by atoms with Gasteiger partial charge in [0.15, 0.2) is 0 Å². The lowest BCUT2D eigenvalue weighted by Crippen LogP contribution is -2.29. The predicted molar refractivity (Wildman–Crippen MR) is 120 cm³/mol. The molecule has 1 aliphatic heterocycles. The SMILES string of the molecule is CCCCC(OCc1ccc(C(=O)OC)c(-c2ccccc2C)c1)C1CCOCC1. The molecule has 4 nitrogen and oxygen atoms in total. The second-order valence-corrected chi connectivity index (χ2v) is 8.13. The number of unbranched alkanes of at least 4 members (excludes halogenated alkanes) is 1. The van der Waals surface area contributed by atoms with Gasteiger partial charge in [0.05, 0.1) is 25.4 Å². The Morgan fingerprint density at radius 1 is 1.13 bits per heavy atom. The Balaban J connectivity index is 1.82. The third-order valence-electron chi connectivity index (χ3n) is 6.02. The molecule has 1 saturated heterocycles. The van der Waals surface area contributed by atoms with Gasteiger partial charge in [-0.05, 0) is 66.5 Å². The van der Waals surface area contributed by atoms with E-state index < -0.39 is 0 Å². The van der Waals surface area contributed by atoms with Gasteiger partial charge in [0.2, 0.25) is 0 Å². The third kappa shape index (κ3) is 5.71. The molecular weight excluding hydrogens is 376 g/mol. The Hall–Kier alpha value is -2.17. The highest BCUT2D eigenvalue weighted by Gasteiger charge is 2.24. The smallest absolute Gasteiger partial charge is 0.338 e. The summed E-state index contributed by atoms with van der Waals surface area (Å²) in [4.78, 5) is 12.4. The van der Waals surface area contributed by atoms with E-state index in [0.29, 0.717) is 18.1 Å². The maximum atomic E-state index is 12.4. The van der Waals surface area contributed by atoms with Crippen molar-refractivity contribution < 1.29 is 19.0 Å². The van der Waals surface area contributed by atoms with Gasteiger partial charge in [-0.2, -0.15) is 0 Å². The molecule has 2 aromatic carbocycles. The van der Waals surface area contributed by atoms with Crippen molar-refractivity contribution >= 4 is 5.97 Å². The van der Waals surface area contributed by atoms with Gasteiger partial charge in [-0.25, -0.2) is 4.79 Å². The van der Waals surface area contributed by atoms with E-state index in [1.54, 1.807) is 0 Å². The van der Waals surface area contributed by atoms with Crippen molar-refractivity contribution in [3.8, 4) is 11.1 Å². The molecule has 1 aliphatic rings. The van der Waals surface area contributed by atoms with Crippen molar-refractivity contribution in [3.05, 3.63) is 59.2 Å². The molecule has 0 spiro atoms. The average molecular weight is 411 g/mol. The summed E-state index contributed by atoms with van der Waals surface area (Å²) in [6.07, 6.45) is 5.85. The van der Waals surface area contributed by atoms with Crippen LogP contribution in [-0.2, 0) is 20.8 Å². The maximum Gasteiger partial charge on any atom is 0.338 e. The molecule has 0 bridgehead atoms. The fourth-order valence-corrected chi connectivity index (χ4v) is 4.22. The highest BCUT2D eigenvalue weighted by molar-refractivity contribution is 5.97. The predicted octanol–water partition coefficient (Wildman–Crippen LogP) is 5.95. The molecule has 2 aromatic rings. The van der Waals surface area contributed by atoms with Crippen molar-refractivity contribution in [2.24, 2.45) is 5.92 Å². The zero-order valence-corrected chi connectivity index (χ0v) is 18.5. The molecule has 3 rings (SSSR count). The molecule has 1 heterocycles.